The van der Waals surface area contributed by atoms with E-state index >= 15 is 0 Å². The normalized spacial score (nSPS) is 18.0. The van der Waals surface area contributed by atoms with Crippen molar-refractivity contribution in [2.24, 2.45) is 0 Å². The van der Waals surface area contributed by atoms with E-state index < -0.39 is 17.4 Å². The number of urea groups is 1. The van der Waals surface area contributed by atoms with Gasteiger partial charge >= 0.3 is 6.03 Å². The fourth-order valence-corrected chi connectivity index (χ4v) is 4.21. The quantitative estimate of drug-likeness (QED) is 0.532. The predicted molar refractivity (Wildman–Crippen MR) is 123 cm³/mol. The molecule has 1 fully saturated rings. The SMILES string of the molecule is COc1ccc(CN(C)CN2C(=O)NC(Cc3ccccc3)(c3ccccc3)C2=O)cc1F. The van der Waals surface area contributed by atoms with Gasteiger partial charge in [0.2, 0.25) is 0 Å². The molecule has 0 radical (unpaired) electrons. The minimum absolute atomic E-state index is 0.0711. The van der Waals surface area contributed by atoms with Crippen molar-refractivity contribution in [3.05, 3.63) is 101 Å². The minimum Gasteiger partial charge on any atom is -0.494 e. The van der Waals surface area contributed by atoms with Crippen LogP contribution in [0.5, 0.6) is 5.75 Å². The van der Waals surface area contributed by atoms with Crippen LogP contribution in [-0.4, -0.2) is 42.6 Å². The molecule has 1 N–H and O–H groups in total. The molecule has 33 heavy (non-hydrogen) atoms. The molecule has 0 aliphatic carbocycles. The number of hydrogen-bond donors (Lipinski definition) is 1. The first-order valence-corrected chi connectivity index (χ1v) is 10.7. The second-order valence-corrected chi connectivity index (χ2v) is 8.22. The summed E-state index contributed by atoms with van der Waals surface area (Å²) in [4.78, 5) is 29.7. The highest BCUT2D eigenvalue weighted by Gasteiger charge is 2.52. The van der Waals surface area contributed by atoms with E-state index in [0.717, 1.165) is 11.1 Å². The number of ether oxygens (including phenoxy) is 1. The maximum absolute atomic E-state index is 14.1. The Hall–Kier alpha value is -3.71. The van der Waals surface area contributed by atoms with E-state index in [1.54, 1.807) is 24.1 Å². The smallest absolute Gasteiger partial charge is 0.326 e. The summed E-state index contributed by atoms with van der Waals surface area (Å²) in [5.74, 6) is -0.594. The number of amides is 3. The van der Waals surface area contributed by atoms with Gasteiger partial charge in [0.05, 0.1) is 13.8 Å². The van der Waals surface area contributed by atoms with Crippen molar-refractivity contribution in [1.29, 1.82) is 0 Å². The number of halogens is 1. The maximum atomic E-state index is 14.1. The molecule has 3 aromatic rings. The third-order valence-corrected chi connectivity index (χ3v) is 5.81. The molecule has 1 aliphatic rings. The third-order valence-electron chi connectivity index (χ3n) is 5.81. The van der Waals surface area contributed by atoms with Gasteiger partial charge in [-0.05, 0) is 35.9 Å². The Balaban J connectivity index is 1.57. The summed E-state index contributed by atoms with van der Waals surface area (Å²) < 4.78 is 19.0. The molecular weight excluding hydrogens is 421 g/mol. The molecule has 0 aromatic heterocycles. The van der Waals surface area contributed by atoms with Crippen LogP contribution in [0.25, 0.3) is 0 Å². The van der Waals surface area contributed by atoms with Crippen LogP contribution in [0.1, 0.15) is 16.7 Å². The lowest BCUT2D eigenvalue weighted by Crippen LogP contribution is -2.46. The largest absolute Gasteiger partial charge is 0.494 e. The van der Waals surface area contributed by atoms with Crippen molar-refractivity contribution < 1.29 is 18.7 Å². The van der Waals surface area contributed by atoms with Crippen LogP contribution in [0.3, 0.4) is 0 Å². The van der Waals surface area contributed by atoms with Gasteiger partial charge in [0.25, 0.3) is 5.91 Å². The van der Waals surface area contributed by atoms with Crippen LogP contribution in [0.2, 0.25) is 0 Å². The standard InChI is InChI=1S/C26H26FN3O3/c1-29(17-20-13-14-23(33-2)22(27)15-20)18-30-24(31)26(28-25(30)32,21-11-7-4-8-12-21)16-19-9-5-3-6-10-19/h3-15H,16-18H2,1-2H3,(H,28,32). The summed E-state index contributed by atoms with van der Waals surface area (Å²) in [6, 6.07) is 23.2. The van der Waals surface area contributed by atoms with Crippen LogP contribution in [0.15, 0.2) is 78.9 Å². The second kappa shape index (κ2) is 9.42. The highest BCUT2D eigenvalue weighted by Crippen LogP contribution is 2.33. The monoisotopic (exact) mass is 447 g/mol. The van der Waals surface area contributed by atoms with E-state index in [-0.39, 0.29) is 18.3 Å². The zero-order valence-electron chi connectivity index (χ0n) is 18.6. The Labute approximate surface area is 192 Å². The number of carbonyl (C=O) groups is 2. The first-order chi connectivity index (χ1) is 15.9. The Bertz CT molecular complexity index is 1140. The molecule has 170 valence electrons. The van der Waals surface area contributed by atoms with Crippen LogP contribution in [0, 0.1) is 5.82 Å². The van der Waals surface area contributed by atoms with Gasteiger partial charge in [-0.25, -0.2) is 14.1 Å². The van der Waals surface area contributed by atoms with Crippen molar-refractivity contribution in [3.8, 4) is 5.75 Å². The van der Waals surface area contributed by atoms with Gasteiger partial charge in [-0.15, -0.1) is 0 Å². The fourth-order valence-electron chi connectivity index (χ4n) is 4.21. The van der Waals surface area contributed by atoms with Gasteiger partial charge in [0, 0.05) is 13.0 Å². The average molecular weight is 448 g/mol. The maximum Gasteiger partial charge on any atom is 0.326 e. The number of nitrogens with zero attached hydrogens (tertiary/aromatic N) is 2. The van der Waals surface area contributed by atoms with Crippen molar-refractivity contribution in [2.45, 2.75) is 18.5 Å². The Morgan fingerprint density at radius 1 is 0.970 bits per heavy atom. The number of rotatable bonds is 8. The van der Waals surface area contributed by atoms with E-state index in [4.69, 9.17) is 4.74 Å². The first-order valence-electron chi connectivity index (χ1n) is 10.7. The van der Waals surface area contributed by atoms with E-state index in [1.165, 1.54) is 18.1 Å². The van der Waals surface area contributed by atoms with Crippen molar-refractivity contribution in [1.82, 2.24) is 15.1 Å². The highest BCUT2D eigenvalue weighted by molar-refractivity contribution is 6.07. The fraction of sp³-hybridized carbons (Fsp3) is 0.231. The lowest BCUT2D eigenvalue weighted by molar-refractivity contribution is -0.133. The Morgan fingerprint density at radius 3 is 2.27 bits per heavy atom. The van der Waals surface area contributed by atoms with Crippen LogP contribution in [0.4, 0.5) is 9.18 Å². The lowest BCUT2D eigenvalue weighted by Gasteiger charge is -2.28. The molecule has 0 spiro atoms. The first kappa shape index (κ1) is 22.5. The molecule has 1 aliphatic heterocycles. The molecule has 1 atom stereocenters. The van der Waals surface area contributed by atoms with E-state index in [2.05, 4.69) is 5.32 Å². The molecule has 0 bridgehead atoms. The topological polar surface area (TPSA) is 61.9 Å². The van der Waals surface area contributed by atoms with Gasteiger partial charge < -0.3 is 10.1 Å². The van der Waals surface area contributed by atoms with E-state index in [9.17, 15) is 14.0 Å². The number of methoxy groups -OCH3 is 1. The van der Waals surface area contributed by atoms with Crippen molar-refractivity contribution in [2.75, 3.05) is 20.8 Å². The molecule has 6 nitrogen and oxygen atoms in total. The summed E-state index contributed by atoms with van der Waals surface area (Å²) in [5, 5.41) is 2.96. The number of carbonyl (C=O) groups excluding carboxylic acids is 2. The second-order valence-electron chi connectivity index (χ2n) is 8.22. The van der Waals surface area contributed by atoms with Gasteiger partial charge in [-0.1, -0.05) is 66.7 Å². The molecule has 1 heterocycles. The molecule has 0 saturated carbocycles. The highest BCUT2D eigenvalue weighted by atomic mass is 19.1. The lowest BCUT2D eigenvalue weighted by atomic mass is 9.83. The van der Waals surface area contributed by atoms with E-state index in [0.29, 0.717) is 18.5 Å². The zero-order chi connectivity index (χ0) is 23.4. The number of imide groups is 1. The third kappa shape index (κ3) is 4.59. The molecule has 1 saturated heterocycles. The number of hydrogen-bond acceptors (Lipinski definition) is 4. The van der Waals surface area contributed by atoms with Crippen LogP contribution < -0.4 is 10.1 Å². The molecular formula is C26H26FN3O3. The van der Waals surface area contributed by atoms with Crippen LogP contribution >= 0.6 is 0 Å². The molecule has 1 unspecified atom stereocenters. The summed E-state index contributed by atoms with van der Waals surface area (Å²) in [6.07, 6.45) is 0.340. The minimum atomic E-state index is -1.19. The van der Waals surface area contributed by atoms with Gasteiger partial charge in [-0.2, -0.15) is 0 Å². The number of nitrogens with one attached hydrogen (secondary N) is 1. The molecule has 7 heteroatoms. The van der Waals surface area contributed by atoms with Crippen molar-refractivity contribution >= 4 is 11.9 Å². The Kier molecular flexibility index (Phi) is 6.42. The summed E-state index contributed by atoms with van der Waals surface area (Å²) in [5.41, 5.74) is 1.20. The average Bonchev–Trinajstić information content (AvgIpc) is 3.05. The van der Waals surface area contributed by atoms with Gasteiger partial charge in [0.1, 0.15) is 0 Å². The van der Waals surface area contributed by atoms with Crippen LogP contribution in [-0.2, 0) is 23.3 Å². The molecule has 3 aromatic carbocycles. The summed E-state index contributed by atoms with van der Waals surface area (Å²) in [7, 11) is 3.19. The zero-order valence-corrected chi connectivity index (χ0v) is 18.6. The van der Waals surface area contributed by atoms with Gasteiger partial charge in [-0.3, -0.25) is 9.69 Å². The summed E-state index contributed by atoms with van der Waals surface area (Å²) >= 11 is 0. The Morgan fingerprint density at radius 2 is 1.64 bits per heavy atom. The molecule has 3 amide bonds. The predicted octanol–water partition coefficient (Wildman–Crippen LogP) is 3.91. The van der Waals surface area contributed by atoms with E-state index in [1.807, 2.05) is 60.7 Å². The summed E-state index contributed by atoms with van der Waals surface area (Å²) in [6.45, 7) is 0.427. The van der Waals surface area contributed by atoms with Crippen molar-refractivity contribution in [3.63, 3.8) is 0 Å². The number of benzene rings is 3. The van der Waals surface area contributed by atoms with Gasteiger partial charge in [0.15, 0.2) is 17.1 Å². The molecule has 4 rings (SSSR count).